The van der Waals surface area contributed by atoms with Gasteiger partial charge in [0.25, 0.3) is 0 Å². The van der Waals surface area contributed by atoms with E-state index in [1.54, 1.807) is 0 Å². The summed E-state index contributed by atoms with van der Waals surface area (Å²) in [5.41, 5.74) is 0. The normalized spacial score (nSPS) is 20.7. The Bertz CT molecular complexity index is 213. The average molecular weight is 228 g/mol. The Morgan fingerprint density at radius 3 is 2.69 bits per heavy atom. The maximum Gasteiger partial charge on any atom is 0.307 e. The molecule has 0 amide bonds. The molecule has 4 nitrogen and oxygen atoms in total. The molecule has 0 saturated carbocycles. The van der Waals surface area contributed by atoms with Crippen molar-refractivity contribution in [3.63, 3.8) is 0 Å². The van der Waals surface area contributed by atoms with Crippen LogP contribution in [0.3, 0.4) is 0 Å². The molecule has 0 aromatic rings. The molecule has 94 valence electrons. The molecule has 1 atom stereocenters. The molecule has 1 aliphatic rings. The fourth-order valence-corrected chi connectivity index (χ4v) is 2.01. The van der Waals surface area contributed by atoms with E-state index in [0.29, 0.717) is 6.42 Å². The van der Waals surface area contributed by atoms with Crippen LogP contribution in [0.4, 0.5) is 0 Å². The van der Waals surface area contributed by atoms with Gasteiger partial charge in [0.2, 0.25) is 0 Å². The first-order chi connectivity index (χ1) is 7.61. The summed E-state index contributed by atoms with van der Waals surface area (Å²) in [7, 11) is 2.10. The Hall–Kier alpha value is -0.610. The SMILES string of the molecule is CCNC(C)CC(=O)OC1CCN(C)CC1. The fourth-order valence-electron chi connectivity index (χ4n) is 2.01. The second-order valence-corrected chi connectivity index (χ2v) is 4.66. The largest absolute Gasteiger partial charge is 0.462 e. The number of ether oxygens (including phenoxy) is 1. The molecular formula is C12H24N2O2. The minimum Gasteiger partial charge on any atom is -0.462 e. The van der Waals surface area contributed by atoms with Crippen LogP contribution in [0.2, 0.25) is 0 Å². The monoisotopic (exact) mass is 228 g/mol. The van der Waals surface area contributed by atoms with Crippen molar-refractivity contribution in [1.82, 2.24) is 10.2 Å². The number of carbonyl (C=O) groups is 1. The minimum atomic E-state index is -0.0667. The molecule has 0 aromatic heterocycles. The highest BCUT2D eigenvalue weighted by atomic mass is 16.5. The van der Waals surface area contributed by atoms with Gasteiger partial charge >= 0.3 is 5.97 Å². The number of hydrogen-bond acceptors (Lipinski definition) is 4. The number of rotatable bonds is 5. The fraction of sp³-hybridized carbons (Fsp3) is 0.917. The molecule has 1 N–H and O–H groups in total. The zero-order valence-corrected chi connectivity index (χ0v) is 10.7. The predicted octanol–water partition coefficient (Wildman–Crippen LogP) is 1.01. The lowest BCUT2D eigenvalue weighted by atomic mass is 10.1. The Kier molecular flexibility index (Phi) is 5.77. The summed E-state index contributed by atoms with van der Waals surface area (Å²) in [6.07, 6.45) is 2.55. The highest BCUT2D eigenvalue weighted by molar-refractivity contribution is 5.70. The summed E-state index contributed by atoms with van der Waals surface area (Å²) >= 11 is 0. The Morgan fingerprint density at radius 1 is 1.50 bits per heavy atom. The highest BCUT2D eigenvalue weighted by Gasteiger charge is 2.20. The third kappa shape index (κ3) is 4.94. The van der Waals surface area contributed by atoms with Crippen molar-refractivity contribution in [1.29, 1.82) is 0 Å². The van der Waals surface area contributed by atoms with E-state index in [9.17, 15) is 4.79 Å². The molecule has 1 rings (SSSR count). The lowest BCUT2D eigenvalue weighted by Gasteiger charge is -2.28. The maximum atomic E-state index is 11.6. The van der Waals surface area contributed by atoms with Gasteiger partial charge in [0, 0.05) is 19.1 Å². The van der Waals surface area contributed by atoms with Gasteiger partial charge in [-0.2, -0.15) is 0 Å². The Morgan fingerprint density at radius 2 is 2.12 bits per heavy atom. The molecule has 1 heterocycles. The quantitative estimate of drug-likeness (QED) is 0.713. The summed E-state index contributed by atoms with van der Waals surface area (Å²) in [4.78, 5) is 13.9. The molecule has 0 radical (unpaired) electrons. The number of carbonyl (C=O) groups excluding carboxylic acids is 1. The van der Waals surface area contributed by atoms with Crippen LogP contribution in [0, 0.1) is 0 Å². The van der Waals surface area contributed by atoms with Gasteiger partial charge in [0.15, 0.2) is 0 Å². The third-order valence-corrected chi connectivity index (χ3v) is 2.99. The second kappa shape index (κ2) is 6.86. The lowest BCUT2D eigenvalue weighted by Crippen LogP contribution is -2.36. The van der Waals surface area contributed by atoms with Crippen LogP contribution in [0.1, 0.15) is 33.1 Å². The number of esters is 1. The molecule has 4 heteroatoms. The first-order valence-electron chi connectivity index (χ1n) is 6.23. The summed E-state index contributed by atoms with van der Waals surface area (Å²) in [6.45, 7) is 7.00. The van der Waals surface area contributed by atoms with E-state index >= 15 is 0 Å². The number of hydrogen-bond donors (Lipinski definition) is 1. The zero-order chi connectivity index (χ0) is 12.0. The highest BCUT2D eigenvalue weighted by Crippen LogP contribution is 2.13. The standard InChI is InChI=1S/C12H24N2O2/c1-4-13-10(2)9-12(15)16-11-5-7-14(3)8-6-11/h10-11,13H,4-9H2,1-3H3. The Balaban J connectivity index is 2.18. The molecule has 1 saturated heterocycles. The van der Waals surface area contributed by atoms with Crippen LogP contribution in [-0.2, 0) is 9.53 Å². The molecule has 1 aliphatic heterocycles. The molecular weight excluding hydrogens is 204 g/mol. The smallest absolute Gasteiger partial charge is 0.307 e. The second-order valence-electron chi connectivity index (χ2n) is 4.66. The first kappa shape index (κ1) is 13.5. The van der Waals surface area contributed by atoms with Crippen LogP contribution in [0.15, 0.2) is 0 Å². The van der Waals surface area contributed by atoms with Crippen LogP contribution < -0.4 is 5.32 Å². The summed E-state index contributed by atoms with van der Waals surface area (Å²) in [6, 6.07) is 0.212. The number of piperidine rings is 1. The Labute approximate surface area is 98.3 Å². The van der Waals surface area contributed by atoms with E-state index in [2.05, 4.69) is 17.3 Å². The number of nitrogens with one attached hydrogen (secondary N) is 1. The van der Waals surface area contributed by atoms with Gasteiger partial charge in [-0.05, 0) is 33.4 Å². The third-order valence-electron chi connectivity index (χ3n) is 2.99. The van der Waals surface area contributed by atoms with E-state index in [0.717, 1.165) is 32.5 Å². The molecule has 0 bridgehead atoms. The van der Waals surface area contributed by atoms with Crippen molar-refractivity contribution in [3.05, 3.63) is 0 Å². The molecule has 1 fully saturated rings. The van der Waals surface area contributed by atoms with Crippen molar-refractivity contribution < 1.29 is 9.53 Å². The van der Waals surface area contributed by atoms with E-state index in [1.165, 1.54) is 0 Å². The summed E-state index contributed by atoms with van der Waals surface area (Å²) in [5, 5.41) is 3.21. The van der Waals surface area contributed by atoms with Crippen molar-refractivity contribution in [2.45, 2.75) is 45.3 Å². The molecule has 1 unspecified atom stereocenters. The number of nitrogens with zero attached hydrogens (tertiary/aromatic N) is 1. The molecule has 16 heavy (non-hydrogen) atoms. The average Bonchev–Trinajstić information content (AvgIpc) is 2.21. The topological polar surface area (TPSA) is 41.6 Å². The van der Waals surface area contributed by atoms with Gasteiger partial charge in [-0.25, -0.2) is 0 Å². The summed E-state index contributed by atoms with van der Waals surface area (Å²) < 4.78 is 5.45. The minimum absolute atomic E-state index is 0.0667. The molecule has 0 spiro atoms. The van der Waals surface area contributed by atoms with Crippen LogP contribution >= 0.6 is 0 Å². The van der Waals surface area contributed by atoms with E-state index in [4.69, 9.17) is 4.74 Å². The van der Waals surface area contributed by atoms with Crippen molar-refractivity contribution >= 4 is 5.97 Å². The lowest BCUT2D eigenvalue weighted by molar-refractivity contribution is -0.151. The van der Waals surface area contributed by atoms with Crippen LogP contribution in [0.5, 0.6) is 0 Å². The van der Waals surface area contributed by atoms with Crippen molar-refractivity contribution in [2.24, 2.45) is 0 Å². The van der Waals surface area contributed by atoms with Gasteiger partial charge in [-0.1, -0.05) is 6.92 Å². The van der Waals surface area contributed by atoms with Gasteiger partial charge < -0.3 is 15.0 Å². The van der Waals surface area contributed by atoms with Crippen molar-refractivity contribution in [3.8, 4) is 0 Å². The predicted molar refractivity (Wildman–Crippen MR) is 64.4 cm³/mol. The van der Waals surface area contributed by atoms with Gasteiger partial charge in [-0.15, -0.1) is 0 Å². The van der Waals surface area contributed by atoms with Crippen LogP contribution in [-0.4, -0.2) is 49.7 Å². The molecule has 0 aliphatic carbocycles. The van der Waals surface area contributed by atoms with E-state index in [-0.39, 0.29) is 18.1 Å². The van der Waals surface area contributed by atoms with Gasteiger partial charge in [0.1, 0.15) is 6.10 Å². The van der Waals surface area contributed by atoms with E-state index < -0.39 is 0 Å². The van der Waals surface area contributed by atoms with E-state index in [1.807, 2.05) is 13.8 Å². The first-order valence-corrected chi connectivity index (χ1v) is 6.23. The summed E-state index contributed by atoms with van der Waals surface area (Å²) in [5.74, 6) is -0.0667. The van der Waals surface area contributed by atoms with Crippen molar-refractivity contribution in [2.75, 3.05) is 26.7 Å². The van der Waals surface area contributed by atoms with Crippen LogP contribution in [0.25, 0.3) is 0 Å². The van der Waals surface area contributed by atoms with Gasteiger partial charge in [-0.3, -0.25) is 4.79 Å². The maximum absolute atomic E-state index is 11.6. The number of likely N-dealkylation sites (tertiary alicyclic amines) is 1. The zero-order valence-electron chi connectivity index (χ0n) is 10.7. The molecule has 0 aromatic carbocycles. The van der Waals surface area contributed by atoms with Gasteiger partial charge in [0.05, 0.1) is 6.42 Å².